The highest BCUT2D eigenvalue weighted by Gasteiger charge is 2.08. The molecule has 0 saturated heterocycles. The number of fused-ring (bicyclic) bond motifs is 1. The first-order valence-corrected chi connectivity index (χ1v) is 6.62. The summed E-state index contributed by atoms with van der Waals surface area (Å²) in [7, 11) is 0. The van der Waals surface area contributed by atoms with Gasteiger partial charge in [-0.25, -0.2) is 4.98 Å². The van der Waals surface area contributed by atoms with Crippen LogP contribution in [0, 0.1) is 0 Å². The van der Waals surface area contributed by atoms with Crippen LogP contribution in [-0.4, -0.2) is 4.98 Å². The molecule has 17 heavy (non-hydrogen) atoms. The van der Waals surface area contributed by atoms with E-state index in [4.69, 9.17) is 23.2 Å². The molecular formula is C13H7Cl2NS. The van der Waals surface area contributed by atoms with Crippen LogP contribution in [0.1, 0.15) is 0 Å². The molecule has 0 aliphatic heterocycles. The van der Waals surface area contributed by atoms with Crippen LogP contribution in [-0.2, 0) is 0 Å². The van der Waals surface area contributed by atoms with Crippen LogP contribution >= 0.6 is 34.5 Å². The van der Waals surface area contributed by atoms with E-state index in [1.54, 1.807) is 11.3 Å². The molecule has 0 N–H and O–H groups in total. The van der Waals surface area contributed by atoms with Gasteiger partial charge in [-0.3, -0.25) is 0 Å². The highest BCUT2D eigenvalue weighted by molar-refractivity contribution is 7.21. The van der Waals surface area contributed by atoms with Gasteiger partial charge in [0, 0.05) is 10.6 Å². The second-order valence-corrected chi connectivity index (χ2v) is 5.49. The molecule has 0 aliphatic rings. The summed E-state index contributed by atoms with van der Waals surface area (Å²) in [6.07, 6.45) is 0. The minimum Gasteiger partial charge on any atom is -0.234 e. The van der Waals surface area contributed by atoms with Gasteiger partial charge in [0.1, 0.15) is 10.5 Å². The number of hydrogen-bond acceptors (Lipinski definition) is 2. The van der Waals surface area contributed by atoms with E-state index >= 15 is 0 Å². The average molecular weight is 280 g/mol. The normalized spacial score (nSPS) is 10.9. The van der Waals surface area contributed by atoms with Gasteiger partial charge in [-0.15, -0.1) is 11.3 Å². The largest absolute Gasteiger partial charge is 0.234 e. The predicted molar refractivity (Wildman–Crippen MR) is 75.1 cm³/mol. The molecule has 1 heterocycles. The SMILES string of the molecule is Clc1cccc(-c2nc3c(Cl)cccc3s2)c1. The summed E-state index contributed by atoms with van der Waals surface area (Å²) in [5.41, 5.74) is 1.88. The van der Waals surface area contributed by atoms with Gasteiger partial charge >= 0.3 is 0 Å². The second-order valence-electron chi connectivity index (χ2n) is 3.62. The Labute approximate surface area is 113 Å². The molecule has 0 fully saturated rings. The number of halogens is 2. The fraction of sp³-hybridized carbons (Fsp3) is 0. The molecule has 0 saturated carbocycles. The Balaban J connectivity index is 2.22. The van der Waals surface area contributed by atoms with Gasteiger partial charge in [-0.05, 0) is 24.3 Å². The Morgan fingerprint density at radius 2 is 1.82 bits per heavy atom. The van der Waals surface area contributed by atoms with Crippen molar-refractivity contribution >= 4 is 44.8 Å². The Hall–Kier alpha value is -1.09. The van der Waals surface area contributed by atoms with Crippen LogP contribution in [0.15, 0.2) is 42.5 Å². The quantitative estimate of drug-likeness (QED) is 0.591. The zero-order chi connectivity index (χ0) is 11.8. The molecule has 0 spiro atoms. The third kappa shape index (κ3) is 2.04. The summed E-state index contributed by atoms with van der Waals surface area (Å²) in [4.78, 5) is 4.55. The fourth-order valence-electron chi connectivity index (χ4n) is 1.66. The van der Waals surface area contributed by atoms with E-state index < -0.39 is 0 Å². The van der Waals surface area contributed by atoms with Crippen molar-refractivity contribution in [2.24, 2.45) is 0 Å². The smallest absolute Gasteiger partial charge is 0.124 e. The van der Waals surface area contributed by atoms with Crippen molar-refractivity contribution < 1.29 is 0 Å². The van der Waals surface area contributed by atoms with Crippen LogP contribution < -0.4 is 0 Å². The maximum atomic E-state index is 6.11. The average Bonchev–Trinajstić information content (AvgIpc) is 2.74. The van der Waals surface area contributed by atoms with Gasteiger partial charge in [0.15, 0.2) is 0 Å². The lowest BCUT2D eigenvalue weighted by Gasteiger charge is -1.95. The van der Waals surface area contributed by atoms with Crippen molar-refractivity contribution in [3.63, 3.8) is 0 Å². The summed E-state index contributed by atoms with van der Waals surface area (Å²) < 4.78 is 1.09. The monoisotopic (exact) mass is 279 g/mol. The fourth-order valence-corrected chi connectivity index (χ4v) is 3.11. The molecule has 2 aromatic carbocycles. The summed E-state index contributed by atoms with van der Waals surface area (Å²) in [6, 6.07) is 13.5. The number of nitrogens with zero attached hydrogens (tertiary/aromatic N) is 1. The highest BCUT2D eigenvalue weighted by atomic mass is 35.5. The Bertz CT molecular complexity index is 691. The van der Waals surface area contributed by atoms with Crippen molar-refractivity contribution in [3.05, 3.63) is 52.5 Å². The molecule has 0 radical (unpaired) electrons. The minimum absolute atomic E-state index is 0.687. The van der Waals surface area contributed by atoms with Gasteiger partial charge in [0.25, 0.3) is 0 Å². The van der Waals surface area contributed by atoms with Crippen molar-refractivity contribution in [2.75, 3.05) is 0 Å². The maximum Gasteiger partial charge on any atom is 0.124 e. The highest BCUT2D eigenvalue weighted by Crippen LogP contribution is 2.34. The molecule has 0 unspecified atom stereocenters. The minimum atomic E-state index is 0.687. The molecule has 3 rings (SSSR count). The van der Waals surface area contributed by atoms with Crippen LogP contribution in [0.5, 0.6) is 0 Å². The van der Waals surface area contributed by atoms with Crippen molar-refractivity contribution in [1.82, 2.24) is 4.98 Å². The standard InChI is InChI=1S/C13H7Cl2NS/c14-9-4-1-3-8(7-9)13-16-12-10(15)5-2-6-11(12)17-13/h1-7H. The zero-order valence-electron chi connectivity index (χ0n) is 8.65. The molecule has 1 aromatic heterocycles. The van der Waals surface area contributed by atoms with Crippen LogP contribution in [0.3, 0.4) is 0 Å². The predicted octanol–water partition coefficient (Wildman–Crippen LogP) is 5.27. The van der Waals surface area contributed by atoms with E-state index in [2.05, 4.69) is 4.98 Å². The number of rotatable bonds is 1. The van der Waals surface area contributed by atoms with Crippen molar-refractivity contribution in [1.29, 1.82) is 0 Å². The van der Waals surface area contributed by atoms with Gasteiger partial charge in [-0.1, -0.05) is 41.4 Å². The van der Waals surface area contributed by atoms with Crippen LogP contribution in [0.25, 0.3) is 20.8 Å². The summed E-state index contributed by atoms with van der Waals surface area (Å²) in [5, 5.41) is 2.34. The number of thiazole rings is 1. The number of para-hydroxylation sites is 1. The Morgan fingerprint density at radius 1 is 1.00 bits per heavy atom. The summed E-state index contributed by atoms with van der Waals surface area (Å²) in [5.74, 6) is 0. The van der Waals surface area contributed by atoms with Gasteiger partial charge in [0.05, 0.1) is 9.72 Å². The molecule has 1 nitrogen and oxygen atoms in total. The van der Waals surface area contributed by atoms with Crippen LogP contribution in [0.2, 0.25) is 10.0 Å². The van der Waals surface area contributed by atoms with Crippen molar-refractivity contribution in [3.8, 4) is 10.6 Å². The molecule has 84 valence electrons. The first-order chi connectivity index (χ1) is 8.24. The Morgan fingerprint density at radius 3 is 2.59 bits per heavy atom. The molecule has 4 heteroatoms. The van der Waals surface area contributed by atoms with Crippen molar-refractivity contribution in [2.45, 2.75) is 0 Å². The number of benzene rings is 2. The third-order valence-electron chi connectivity index (χ3n) is 2.44. The molecule has 0 bridgehead atoms. The molecule has 0 atom stereocenters. The topological polar surface area (TPSA) is 12.9 Å². The first kappa shape index (κ1) is 11.0. The van der Waals surface area contributed by atoms with Crippen LogP contribution in [0.4, 0.5) is 0 Å². The Kier molecular flexibility index (Phi) is 2.79. The third-order valence-corrected chi connectivity index (χ3v) is 4.05. The van der Waals surface area contributed by atoms with E-state index in [-0.39, 0.29) is 0 Å². The van der Waals surface area contributed by atoms with E-state index in [0.29, 0.717) is 10.0 Å². The lowest BCUT2D eigenvalue weighted by Crippen LogP contribution is -1.75. The molecular weight excluding hydrogens is 273 g/mol. The van der Waals surface area contributed by atoms with E-state index in [0.717, 1.165) is 20.8 Å². The van der Waals surface area contributed by atoms with Gasteiger partial charge in [0.2, 0.25) is 0 Å². The zero-order valence-corrected chi connectivity index (χ0v) is 11.0. The lowest BCUT2D eigenvalue weighted by molar-refractivity contribution is 1.48. The van der Waals surface area contributed by atoms with E-state index in [1.807, 2.05) is 42.5 Å². The first-order valence-electron chi connectivity index (χ1n) is 5.05. The molecule has 0 aliphatic carbocycles. The summed E-state index contributed by atoms with van der Waals surface area (Å²) in [6.45, 7) is 0. The van der Waals surface area contributed by atoms with Gasteiger partial charge in [-0.2, -0.15) is 0 Å². The van der Waals surface area contributed by atoms with E-state index in [9.17, 15) is 0 Å². The molecule has 0 amide bonds. The maximum absolute atomic E-state index is 6.11. The van der Waals surface area contributed by atoms with Gasteiger partial charge < -0.3 is 0 Å². The number of hydrogen-bond donors (Lipinski definition) is 0. The number of aromatic nitrogens is 1. The second kappa shape index (κ2) is 4.30. The molecule has 3 aromatic rings. The van der Waals surface area contributed by atoms with E-state index in [1.165, 1.54) is 0 Å². The summed E-state index contributed by atoms with van der Waals surface area (Å²) >= 11 is 13.7. The lowest BCUT2D eigenvalue weighted by atomic mass is 10.2.